The smallest absolute Gasteiger partial charge is 0.263 e. The van der Waals surface area contributed by atoms with Crippen molar-refractivity contribution in [3.05, 3.63) is 60.2 Å². The van der Waals surface area contributed by atoms with Crippen molar-refractivity contribution in [1.82, 2.24) is 14.5 Å². The van der Waals surface area contributed by atoms with Crippen LogP contribution in [0.2, 0.25) is 0 Å². The van der Waals surface area contributed by atoms with Gasteiger partial charge in [-0.15, -0.1) is 0 Å². The highest BCUT2D eigenvalue weighted by molar-refractivity contribution is 6.04. The number of alkyl halides is 2. The quantitative estimate of drug-likeness (QED) is 0.516. The molecule has 36 heavy (non-hydrogen) atoms. The Labute approximate surface area is 206 Å². The summed E-state index contributed by atoms with van der Waals surface area (Å²) in [6.07, 6.45) is 1.04. The molecule has 8 nitrogen and oxygen atoms in total. The highest BCUT2D eigenvalue weighted by Crippen LogP contribution is 2.41. The van der Waals surface area contributed by atoms with Gasteiger partial charge in [-0.25, -0.2) is 13.8 Å². The summed E-state index contributed by atoms with van der Waals surface area (Å²) in [5.74, 6) is 0.621. The number of halogens is 2. The Bertz CT molecular complexity index is 1320. The molecule has 3 aromatic rings. The number of nitrogens with zero attached hydrogens (tertiary/aromatic N) is 3. The molecule has 3 heterocycles. The summed E-state index contributed by atoms with van der Waals surface area (Å²) in [7, 11) is 0. The molecule has 2 aliphatic rings. The van der Waals surface area contributed by atoms with Crippen LogP contribution in [-0.4, -0.2) is 52.6 Å². The van der Waals surface area contributed by atoms with Gasteiger partial charge in [-0.3, -0.25) is 14.9 Å². The SMILES string of the molecule is C=CC(=O)N1CCCCC(n2c(NC(=O)c3cccc(C(F)F)c3)nc3ccc4c(c32)OCCO4)C1. The Kier molecular flexibility index (Phi) is 6.58. The van der Waals surface area contributed by atoms with E-state index < -0.39 is 12.3 Å². The molecule has 188 valence electrons. The molecule has 5 rings (SSSR count). The average Bonchev–Trinajstić information content (AvgIpc) is 3.09. The number of carbonyl (C=O) groups excluding carboxylic acids is 2. The molecule has 1 fully saturated rings. The molecule has 2 aromatic carbocycles. The molecule has 2 aliphatic heterocycles. The van der Waals surface area contributed by atoms with Crippen LogP contribution in [0.4, 0.5) is 14.7 Å². The number of carbonyl (C=O) groups is 2. The van der Waals surface area contributed by atoms with Gasteiger partial charge in [0.2, 0.25) is 11.9 Å². The van der Waals surface area contributed by atoms with Crippen LogP contribution in [0.15, 0.2) is 49.1 Å². The summed E-state index contributed by atoms with van der Waals surface area (Å²) in [6.45, 7) is 5.40. The van der Waals surface area contributed by atoms with Gasteiger partial charge in [0.25, 0.3) is 12.3 Å². The molecule has 1 N–H and O–H groups in total. The summed E-state index contributed by atoms with van der Waals surface area (Å²) in [5.41, 5.74) is 1.10. The summed E-state index contributed by atoms with van der Waals surface area (Å²) in [4.78, 5) is 32.0. The maximum Gasteiger partial charge on any atom is 0.263 e. The zero-order chi connectivity index (χ0) is 25.2. The topological polar surface area (TPSA) is 85.7 Å². The summed E-state index contributed by atoms with van der Waals surface area (Å²) < 4.78 is 40.0. The molecule has 1 aromatic heterocycles. The van der Waals surface area contributed by atoms with E-state index in [4.69, 9.17) is 9.47 Å². The molecule has 0 bridgehead atoms. The number of hydrogen-bond donors (Lipinski definition) is 1. The third-order valence-electron chi connectivity index (χ3n) is 6.48. The maximum absolute atomic E-state index is 13.2. The zero-order valence-corrected chi connectivity index (χ0v) is 19.6. The lowest BCUT2D eigenvalue weighted by atomic mass is 10.1. The van der Waals surface area contributed by atoms with Crippen molar-refractivity contribution >= 4 is 28.8 Å². The Hall–Kier alpha value is -3.95. The third-order valence-corrected chi connectivity index (χ3v) is 6.48. The van der Waals surface area contributed by atoms with Crippen molar-refractivity contribution < 1.29 is 27.8 Å². The lowest BCUT2D eigenvalue weighted by Crippen LogP contribution is -2.34. The van der Waals surface area contributed by atoms with Gasteiger partial charge in [0.05, 0.1) is 11.6 Å². The Balaban J connectivity index is 1.59. The van der Waals surface area contributed by atoms with Crippen molar-refractivity contribution in [2.75, 3.05) is 31.6 Å². The van der Waals surface area contributed by atoms with E-state index in [0.717, 1.165) is 19.3 Å². The number of imidazole rings is 1. The summed E-state index contributed by atoms with van der Waals surface area (Å²) in [5, 5.41) is 2.81. The monoisotopic (exact) mass is 496 g/mol. The first-order valence-electron chi connectivity index (χ1n) is 11.9. The second-order valence-corrected chi connectivity index (χ2v) is 8.78. The molecule has 10 heteroatoms. The number of rotatable bonds is 5. The van der Waals surface area contributed by atoms with E-state index in [-0.39, 0.29) is 29.0 Å². The van der Waals surface area contributed by atoms with Crippen LogP contribution in [0.1, 0.15) is 47.7 Å². The third kappa shape index (κ3) is 4.50. The number of fused-ring (bicyclic) bond motifs is 3. The fourth-order valence-electron chi connectivity index (χ4n) is 4.78. The van der Waals surface area contributed by atoms with Crippen LogP contribution in [0.3, 0.4) is 0 Å². The van der Waals surface area contributed by atoms with Gasteiger partial charge in [0.1, 0.15) is 18.7 Å². The summed E-state index contributed by atoms with van der Waals surface area (Å²) >= 11 is 0. The van der Waals surface area contributed by atoms with E-state index >= 15 is 0 Å². The predicted molar refractivity (Wildman–Crippen MR) is 130 cm³/mol. The van der Waals surface area contributed by atoms with Crippen molar-refractivity contribution in [2.45, 2.75) is 31.7 Å². The number of hydrogen-bond acceptors (Lipinski definition) is 5. The van der Waals surface area contributed by atoms with E-state index in [1.807, 2.05) is 4.57 Å². The van der Waals surface area contributed by atoms with E-state index in [1.165, 1.54) is 30.3 Å². The minimum atomic E-state index is -2.69. The molecule has 0 aliphatic carbocycles. The number of nitrogens with one attached hydrogen (secondary N) is 1. The van der Waals surface area contributed by atoms with Crippen LogP contribution in [0.25, 0.3) is 11.0 Å². The Morgan fingerprint density at radius 3 is 2.81 bits per heavy atom. The second kappa shape index (κ2) is 9.96. The van der Waals surface area contributed by atoms with Crippen LogP contribution in [0.5, 0.6) is 11.5 Å². The first kappa shape index (κ1) is 23.8. The van der Waals surface area contributed by atoms with Crippen LogP contribution in [-0.2, 0) is 4.79 Å². The van der Waals surface area contributed by atoms with Crippen LogP contribution >= 0.6 is 0 Å². The van der Waals surface area contributed by atoms with Gasteiger partial charge in [0, 0.05) is 24.2 Å². The molecule has 0 spiro atoms. The minimum absolute atomic E-state index is 0.0948. The highest BCUT2D eigenvalue weighted by atomic mass is 19.3. The highest BCUT2D eigenvalue weighted by Gasteiger charge is 2.30. The van der Waals surface area contributed by atoms with Gasteiger partial charge in [0.15, 0.2) is 11.5 Å². The molecule has 2 amide bonds. The van der Waals surface area contributed by atoms with Crippen molar-refractivity contribution in [2.24, 2.45) is 0 Å². The minimum Gasteiger partial charge on any atom is -0.486 e. The van der Waals surface area contributed by atoms with Gasteiger partial charge in [-0.1, -0.05) is 18.7 Å². The van der Waals surface area contributed by atoms with Crippen molar-refractivity contribution in [3.63, 3.8) is 0 Å². The molecular formula is C26H26F2N4O4. The molecule has 1 atom stereocenters. The molecule has 0 radical (unpaired) electrons. The van der Waals surface area contributed by atoms with E-state index in [1.54, 1.807) is 17.0 Å². The molecule has 0 saturated carbocycles. The molecule has 1 saturated heterocycles. The number of aromatic nitrogens is 2. The second-order valence-electron chi connectivity index (χ2n) is 8.78. The van der Waals surface area contributed by atoms with E-state index in [2.05, 4.69) is 16.9 Å². The summed E-state index contributed by atoms with van der Waals surface area (Å²) in [6, 6.07) is 8.68. The van der Waals surface area contributed by atoms with Gasteiger partial charge in [-0.05, 0) is 49.6 Å². The van der Waals surface area contributed by atoms with E-state index in [0.29, 0.717) is 48.8 Å². The first-order chi connectivity index (χ1) is 17.5. The Morgan fingerprint density at radius 1 is 1.17 bits per heavy atom. The largest absolute Gasteiger partial charge is 0.486 e. The fourth-order valence-corrected chi connectivity index (χ4v) is 4.78. The van der Waals surface area contributed by atoms with Gasteiger partial charge >= 0.3 is 0 Å². The number of amides is 2. The normalized spacial score (nSPS) is 17.6. The average molecular weight is 497 g/mol. The lowest BCUT2D eigenvalue weighted by Gasteiger charge is -2.27. The van der Waals surface area contributed by atoms with E-state index in [9.17, 15) is 18.4 Å². The van der Waals surface area contributed by atoms with Crippen molar-refractivity contribution in [1.29, 1.82) is 0 Å². The van der Waals surface area contributed by atoms with Crippen LogP contribution < -0.4 is 14.8 Å². The number of benzene rings is 2. The lowest BCUT2D eigenvalue weighted by molar-refractivity contribution is -0.126. The predicted octanol–water partition coefficient (Wildman–Crippen LogP) is 4.74. The molecule has 1 unspecified atom stereocenters. The number of ether oxygens (including phenoxy) is 2. The molecular weight excluding hydrogens is 470 g/mol. The van der Waals surface area contributed by atoms with Crippen molar-refractivity contribution in [3.8, 4) is 11.5 Å². The number of anilines is 1. The Morgan fingerprint density at radius 2 is 2.00 bits per heavy atom. The first-order valence-corrected chi connectivity index (χ1v) is 11.9. The zero-order valence-electron chi connectivity index (χ0n) is 19.6. The number of likely N-dealkylation sites (tertiary alicyclic amines) is 1. The van der Waals surface area contributed by atoms with Crippen LogP contribution in [0, 0.1) is 0 Å². The fraction of sp³-hybridized carbons (Fsp3) is 0.346. The van der Waals surface area contributed by atoms with Gasteiger partial charge < -0.3 is 18.9 Å². The van der Waals surface area contributed by atoms with Gasteiger partial charge in [-0.2, -0.15) is 0 Å². The maximum atomic E-state index is 13.2. The standard InChI is InChI=1S/C26H26F2N4O4/c1-2-21(33)31-11-4-3-8-18(15-31)32-22-19(9-10-20-23(22)36-13-12-35-20)29-26(32)30-25(34)17-7-5-6-16(14-17)24(27)28/h2,5-7,9-10,14,18,24H,1,3-4,8,11-13,15H2,(H,29,30,34).